The van der Waals surface area contributed by atoms with Gasteiger partial charge in [-0.3, -0.25) is 4.79 Å². The first-order chi connectivity index (χ1) is 12.2. The van der Waals surface area contributed by atoms with Crippen LogP contribution in [-0.2, 0) is 16.0 Å². The second kappa shape index (κ2) is 13.3. The molecule has 0 spiro atoms. The molecule has 0 aromatic heterocycles. The number of carbonyl (C=O) groups is 1. The van der Waals surface area contributed by atoms with Crippen molar-refractivity contribution in [2.75, 3.05) is 7.11 Å². The Morgan fingerprint density at radius 3 is 2.44 bits per heavy atom. The van der Waals surface area contributed by atoms with Gasteiger partial charge in [0.1, 0.15) is 0 Å². The van der Waals surface area contributed by atoms with Crippen LogP contribution in [0, 0.1) is 0 Å². The van der Waals surface area contributed by atoms with Crippen LogP contribution in [0.5, 0.6) is 0 Å². The summed E-state index contributed by atoms with van der Waals surface area (Å²) in [6.45, 7) is 2.22. The molecule has 5 nitrogen and oxygen atoms in total. The minimum absolute atomic E-state index is 0.0831. The lowest BCUT2D eigenvalue weighted by Crippen LogP contribution is -2.01. The summed E-state index contributed by atoms with van der Waals surface area (Å²) >= 11 is 0. The molecule has 1 rings (SSSR count). The predicted molar refractivity (Wildman–Crippen MR) is 101 cm³/mol. The summed E-state index contributed by atoms with van der Waals surface area (Å²) in [4.78, 5) is 14.1. The Hall–Kier alpha value is -2.00. The summed E-state index contributed by atoms with van der Waals surface area (Å²) in [7, 11) is 1.41. The van der Waals surface area contributed by atoms with Crippen LogP contribution in [0.15, 0.2) is 29.4 Å². The fourth-order valence-corrected chi connectivity index (χ4v) is 2.92. The van der Waals surface area contributed by atoms with Gasteiger partial charge in [-0.1, -0.05) is 74.8 Å². The molecule has 1 atom stereocenters. The smallest absolute Gasteiger partial charge is 0.305 e. The highest BCUT2D eigenvalue weighted by molar-refractivity contribution is 5.69. The van der Waals surface area contributed by atoms with E-state index < -0.39 is 0 Å². The van der Waals surface area contributed by atoms with E-state index in [4.69, 9.17) is 5.53 Å². The number of aryl methyl sites for hydroxylation is 1. The van der Waals surface area contributed by atoms with Crippen molar-refractivity contribution in [3.8, 4) is 0 Å². The van der Waals surface area contributed by atoms with E-state index in [9.17, 15) is 4.79 Å². The molecule has 25 heavy (non-hydrogen) atoms. The van der Waals surface area contributed by atoms with Crippen molar-refractivity contribution in [1.29, 1.82) is 0 Å². The van der Waals surface area contributed by atoms with Crippen molar-refractivity contribution >= 4 is 5.97 Å². The van der Waals surface area contributed by atoms with E-state index in [0.29, 0.717) is 6.42 Å². The number of rotatable bonds is 13. The minimum atomic E-state index is -0.168. The van der Waals surface area contributed by atoms with Gasteiger partial charge in [-0.25, -0.2) is 0 Å². The largest absolute Gasteiger partial charge is 0.469 e. The highest BCUT2D eigenvalue weighted by Crippen LogP contribution is 2.25. The first kappa shape index (κ1) is 21.0. The lowest BCUT2D eigenvalue weighted by molar-refractivity contribution is -0.140. The van der Waals surface area contributed by atoms with E-state index in [0.717, 1.165) is 31.2 Å². The van der Waals surface area contributed by atoms with Gasteiger partial charge in [0.15, 0.2) is 0 Å². The molecule has 0 amide bonds. The molecule has 0 aliphatic heterocycles. The first-order valence-corrected chi connectivity index (χ1v) is 9.41. The van der Waals surface area contributed by atoms with Crippen LogP contribution in [-0.4, -0.2) is 13.1 Å². The number of unbranched alkanes of at least 4 members (excludes halogenated alkanes) is 5. The van der Waals surface area contributed by atoms with E-state index in [1.165, 1.54) is 44.8 Å². The number of hydrogen-bond donors (Lipinski definition) is 0. The predicted octanol–water partition coefficient (Wildman–Crippen LogP) is 6.28. The molecule has 0 heterocycles. The van der Waals surface area contributed by atoms with Crippen molar-refractivity contribution in [1.82, 2.24) is 0 Å². The van der Waals surface area contributed by atoms with Crippen LogP contribution in [0.3, 0.4) is 0 Å². The number of methoxy groups -OCH3 is 1. The van der Waals surface area contributed by atoms with Crippen molar-refractivity contribution < 1.29 is 9.53 Å². The minimum Gasteiger partial charge on any atom is -0.469 e. The number of azide groups is 1. The molecule has 0 radical (unpaired) electrons. The van der Waals surface area contributed by atoms with Gasteiger partial charge < -0.3 is 4.74 Å². The standard InChI is InChI=1S/C20H31N3O2/c1-3-4-5-6-7-8-11-19(22-23-21)18-15-13-17(14-16-18)10-9-12-20(24)25-2/h13-16,19H,3-12H2,1-2H3. The van der Waals surface area contributed by atoms with E-state index in [2.05, 4.69) is 33.8 Å². The van der Waals surface area contributed by atoms with Crippen LogP contribution >= 0.6 is 0 Å². The van der Waals surface area contributed by atoms with Crippen LogP contribution in [0.4, 0.5) is 0 Å². The SMILES string of the molecule is CCCCCCCCC(N=[N+]=[N-])c1ccc(CCCC(=O)OC)cc1. The topological polar surface area (TPSA) is 75.1 Å². The summed E-state index contributed by atoms with van der Waals surface area (Å²) in [5.41, 5.74) is 11.1. The molecule has 0 saturated heterocycles. The number of ether oxygens (including phenoxy) is 1. The van der Waals surface area contributed by atoms with Gasteiger partial charge >= 0.3 is 5.97 Å². The first-order valence-electron chi connectivity index (χ1n) is 9.41. The molecule has 0 bridgehead atoms. The Morgan fingerprint density at radius 1 is 1.12 bits per heavy atom. The van der Waals surface area contributed by atoms with E-state index in [-0.39, 0.29) is 12.0 Å². The summed E-state index contributed by atoms with van der Waals surface area (Å²) in [6, 6.07) is 8.13. The molecule has 1 aromatic carbocycles. The van der Waals surface area contributed by atoms with Gasteiger partial charge in [-0.05, 0) is 35.9 Å². The molecule has 138 valence electrons. The molecule has 1 aromatic rings. The van der Waals surface area contributed by atoms with Gasteiger partial charge in [0, 0.05) is 11.3 Å². The Labute approximate surface area is 151 Å². The number of hydrogen-bond acceptors (Lipinski definition) is 3. The van der Waals surface area contributed by atoms with Crippen molar-refractivity contribution in [2.24, 2.45) is 5.11 Å². The maximum absolute atomic E-state index is 11.1. The van der Waals surface area contributed by atoms with Crippen molar-refractivity contribution in [3.63, 3.8) is 0 Å². The second-order valence-electron chi connectivity index (χ2n) is 6.45. The number of carbonyl (C=O) groups excluding carboxylic acids is 1. The third-order valence-electron chi connectivity index (χ3n) is 4.46. The van der Waals surface area contributed by atoms with Gasteiger partial charge in [0.2, 0.25) is 0 Å². The highest BCUT2D eigenvalue weighted by atomic mass is 16.5. The van der Waals surface area contributed by atoms with Crippen LogP contribution in [0.25, 0.3) is 10.4 Å². The molecule has 0 N–H and O–H groups in total. The number of nitrogens with zero attached hydrogens (tertiary/aromatic N) is 3. The third kappa shape index (κ3) is 9.16. The summed E-state index contributed by atoms with van der Waals surface area (Å²) in [5.74, 6) is -0.168. The van der Waals surface area contributed by atoms with Crippen LogP contribution in [0.1, 0.15) is 81.9 Å². The quantitative estimate of drug-likeness (QED) is 0.139. The average molecular weight is 345 g/mol. The molecule has 0 aliphatic rings. The number of benzene rings is 1. The lowest BCUT2D eigenvalue weighted by atomic mass is 9.98. The Bertz CT molecular complexity index is 536. The second-order valence-corrected chi connectivity index (χ2v) is 6.45. The van der Waals surface area contributed by atoms with Crippen LogP contribution < -0.4 is 0 Å². The van der Waals surface area contributed by atoms with Crippen molar-refractivity contribution in [3.05, 3.63) is 45.8 Å². The Kier molecular flexibility index (Phi) is 11.2. The van der Waals surface area contributed by atoms with Gasteiger partial charge in [-0.15, -0.1) is 0 Å². The van der Waals surface area contributed by atoms with Gasteiger partial charge in [0.25, 0.3) is 0 Å². The maximum Gasteiger partial charge on any atom is 0.305 e. The zero-order valence-corrected chi connectivity index (χ0v) is 15.6. The van der Waals surface area contributed by atoms with Crippen molar-refractivity contribution in [2.45, 2.75) is 77.2 Å². The molecule has 0 fully saturated rings. The van der Waals surface area contributed by atoms with Gasteiger partial charge in [0.05, 0.1) is 13.2 Å². The summed E-state index contributed by atoms with van der Waals surface area (Å²) < 4.78 is 4.65. The third-order valence-corrected chi connectivity index (χ3v) is 4.46. The van der Waals surface area contributed by atoms with E-state index >= 15 is 0 Å². The molecule has 5 heteroatoms. The maximum atomic E-state index is 11.1. The normalized spacial score (nSPS) is 11.6. The zero-order chi connectivity index (χ0) is 18.3. The zero-order valence-electron chi connectivity index (χ0n) is 15.6. The van der Waals surface area contributed by atoms with E-state index in [1.807, 2.05) is 12.1 Å². The molecular formula is C20H31N3O2. The average Bonchev–Trinajstić information content (AvgIpc) is 2.64. The fraction of sp³-hybridized carbons (Fsp3) is 0.650. The van der Waals surface area contributed by atoms with E-state index in [1.54, 1.807) is 0 Å². The Morgan fingerprint density at radius 2 is 1.80 bits per heavy atom. The highest BCUT2D eigenvalue weighted by Gasteiger charge is 2.09. The Balaban J connectivity index is 2.45. The van der Waals surface area contributed by atoms with Gasteiger partial charge in [-0.2, -0.15) is 0 Å². The summed E-state index contributed by atoms with van der Waals surface area (Å²) in [5, 5.41) is 3.97. The molecule has 0 saturated carbocycles. The molecular weight excluding hydrogens is 314 g/mol. The lowest BCUT2D eigenvalue weighted by Gasteiger charge is -2.12. The fourth-order valence-electron chi connectivity index (χ4n) is 2.92. The molecule has 1 unspecified atom stereocenters. The number of esters is 1. The summed E-state index contributed by atoms with van der Waals surface area (Å²) in [6.07, 6.45) is 10.4. The van der Waals surface area contributed by atoms with Crippen LogP contribution in [0.2, 0.25) is 0 Å². The molecule has 0 aliphatic carbocycles. The monoisotopic (exact) mass is 345 g/mol.